The Hall–Kier alpha value is -2.53. The third-order valence-electron chi connectivity index (χ3n) is 6.84. The van der Waals surface area contributed by atoms with Crippen molar-refractivity contribution in [3.63, 3.8) is 0 Å². The number of amides is 2. The molecule has 2 aromatic rings. The molecule has 1 aliphatic carbocycles. The highest BCUT2D eigenvalue weighted by atomic mass is 16.2. The van der Waals surface area contributed by atoms with Gasteiger partial charge in [0.25, 0.3) is 0 Å². The fourth-order valence-electron chi connectivity index (χ4n) is 5.03. The molecule has 0 atom stereocenters. The topological polar surface area (TPSA) is 38.8 Å². The van der Waals surface area contributed by atoms with Gasteiger partial charge in [0.15, 0.2) is 0 Å². The van der Waals surface area contributed by atoms with Crippen LogP contribution in [-0.2, 0) is 19.4 Å². The van der Waals surface area contributed by atoms with E-state index < -0.39 is 0 Å². The highest BCUT2D eigenvalue weighted by Crippen LogP contribution is 2.23. The zero-order valence-corrected chi connectivity index (χ0v) is 19.2. The van der Waals surface area contributed by atoms with Crippen LogP contribution in [0, 0.1) is 0 Å². The molecule has 5 nitrogen and oxygen atoms in total. The fourth-order valence-corrected chi connectivity index (χ4v) is 5.03. The maximum atomic E-state index is 13.0. The third-order valence-corrected chi connectivity index (χ3v) is 6.84. The highest BCUT2D eigenvalue weighted by molar-refractivity contribution is 5.75. The van der Waals surface area contributed by atoms with Crippen molar-refractivity contribution in [1.29, 1.82) is 0 Å². The van der Waals surface area contributed by atoms with Crippen molar-refractivity contribution >= 4 is 11.7 Å². The number of piperidine rings is 1. The number of fused-ring (bicyclic) bond motifs is 1. The van der Waals surface area contributed by atoms with Crippen LogP contribution in [0.1, 0.15) is 36.5 Å². The number of nitrogens with zero attached hydrogens (tertiary/aromatic N) is 3. The molecule has 5 heteroatoms. The molecule has 2 aliphatic rings. The van der Waals surface area contributed by atoms with Gasteiger partial charge in [0.2, 0.25) is 0 Å². The highest BCUT2D eigenvalue weighted by Gasteiger charge is 2.29. The van der Waals surface area contributed by atoms with Gasteiger partial charge in [-0.1, -0.05) is 36.4 Å². The van der Waals surface area contributed by atoms with Gasteiger partial charge in [-0.2, -0.15) is 0 Å². The lowest BCUT2D eigenvalue weighted by Crippen LogP contribution is -2.52. The lowest BCUT2D eigenvalue weighted by atomic mass is 10.0. The maximum absolute atomic E-state index is 13.0. The van der Waals surface area contributed by atoms with Crippen LogP contribution in [0.15, 0.2) is 48.5 Å². The first-order valence-corrected chi connectivity index (χ1v) is 11.7. The zero-order chi connectivity index (χ0) is 21.8. The molecule has 166 valence electrons. The molecule has 1 saturated heterocycles. The number of hydrogen-bond acceptors (Lipinski definition) is 3. The van der Waals surface area contributed by atoms with Crippen molar-refractivity contribution in [3.05, 3.63) is 65.2 Å². The molecule has 0 bridgehead atoms. The van der Waals surface area contributed by atoms with Crippen LogP contribution in [0.4, 0.5) is 10.5 Å². The average Bonchev–Trinajstić information content (AvgIpc) is 3.18. The normalized spacial score (nSPS) is 17.4. The molecule has 31 heavy (non-hydrogen) atoms. The van der Waals surface area contributed by atoms with E-state index in [0.717, 1.165) is 51.9 Å². The SMILES string of the molecule is CCN(C(=O)NC1Cc2ccccc2C1)C1CCN(Cc2ccc(N(C)C)cc2)CC1. The van der Waals surface area contributed by atoms with Crippen LogP contribution >= 0.6 is 0 Å². The summed E-state index contributed by atoms with van der Waals surface area (Å²) in [6.45, 7) is 5.93. The summed E-state index contributed by atoms with van der Waals surface area (Å²) in [7, 11) is 4.14. The summed E-state index contributed by atoms with van der Waals surface area (Å²) in [5, 5.41) is 3.31. The van der Waals surface area contributed by atoms with E-state index in [1.54, 1.807) is 0 Å². The van der Waals surface area contributed by atoms with E-state index in [1.165, 1.54) is 22.4 Å². The molecule has 0 radical (unpaired) electrons. The predicted octanol–water partition coefficient (Wildman–Crippen LogP) is 3.92. The Bertz CT molecular complexity index is 846. The third kappa shape index (κ3) is 5.21. The summed E-state index contributed by atoms with van der Waals surface area (Å²) in [5.74, 6) is 0. The maximum Gasteiger partial charge on any atom is 0.317 e. The van der Waals surface area contributed by atoms with Crippen LogP contribution in [0.3, 0.4) is 0 Å². The number of carbonyl (C=O) groups excluding carboxylic acids is 1. The average molecular weight is 421 g/mol. The predicted molar refractivity (Wildman–Crippen MR) is 128 cm³/mol. The molecule has 0 unspecified atom stereocenters. The van der Waals surface area contributed by atoms with Crippen molar-refractivity contribution < 1.29 is 4.79 Å². The Morgan fingerprint density at radius 3 is 2.16 bits per heavy atom. The minimum Gasteiger partial charge on any atom is -0.378 e. The second-order valence-electron chi connectivity index (χ2n) is 9.18. The molecule has 1 fully saturated rings. The monoisotopic (exact) mass is 420 g/mol. The minimum atomic E-state index is 0.109. The number of benzene rings is 2. The number of urea groups is 1. The summed E-state index contributed by atoms with van der Waals surface area (Å²) < 4.78 is 0. The first kappa shape index (κ1) is 21.7. The van der Waals surface area contributed by atoms with E-state index in [0.29, 0.717) is 6.04 Å². The lowest BCUT2D eigenvalue weighted by molar-refractivity contribution is 0.118. The van der Waals surface area contributed by atoms with Crippen LogP contribution in [-0.4, -0.2) is 61.6 Å². The molecule has 2 aromatic carbocycles. The second kappa shape index (κ2) is 9.73. The van der Waals surface area contributed by atoms with Gasteiger partial charge in [0, 0.05) is 58.0 Å². The van der Waals surface area contributed by atoms with E-state index >= 15 is 0 Å². The quantitative estimate of drug-likeness (QED) is 0.770. The Kier molecular flexibility index (Phi) is 6.81. The molecule has 1 N–H and O–H groups in total. The van der Waals surface area contributed by atoms with Gasteiger partial charge >= 0.3 is 6.03 Å². The Morgan fingerprint density at radius 1 is 1.00 bits per heavy atom. The first-order valence-electron chi connectivity index (χ1n) is 11.7. The Morgan fingerprint density at radius 2 is 1.61 bits per heavy atom. The van der Waals surface area contributed by atoms with E-state index in [1.807, 2.05) is 0 Å². The zero-order valence-electron chi connectivity index (χ0n) is 19.2. The smallest absolute Gasteiger partial charge is 0.317 e. The van der Waals surface area contributed by atoms with Gasteiger partial charge < -0.3 is 15.1 Å². The number of anilines is 1. The first-order chi connectivity index (χ1) is 15.0. The van der Waals surface area contributed by atoms with Gasteiger partial charge in [-0.15, -0.1) is 0 Å². The van der Waals surface area contributed by atoms with Crippen molar-refractivity contribution in [2.75, 3.05) is 38.6 Å². The van der Waals surface area contributed by atoms with Gasteiger partial charge in [0.1, 0.15) is 0 Å². The van der Waals surface area contributed by atoms with Crippen LogP contribution in [0.5, 0.6) is 0 Å². The largest absolute Gasteiger partial charge is 0.378 e. The standard InChI is InChI=1S/C26H36N4O/c1-4-30(26(31)27-23-17-21-7-5-6-8-22(21)18-23)25-13-15-29(16-14-25)19-20-9-11-24(12-10-20)28(2)3/h5-12,23,25H,4,13-19H2,1-3H3,(H,27,31). The number of hydrogen-bond donors (Lipinski definition) is 1. The van der Waals surface area contributed by atoms with Gasteiger partial charge in [-0.25, -0.2) is 4.79 Å². The number of likely N-dealkylation sites (tertiary alicyclic amines) is 1. The van der Waals surface area contributed by atoms with E-state index in [4.69, 9.17) is 0 Å². The van der Waals surface area contributed by atoms with Gasteiger partial charge in [0.05, 0.1) is 0 Å². The Labute approximate surface area is 187 Å². The van der Waals surface area contributed by atoms with Crippen LogP contribution in [0.2, 0.25) is 0 Å². The lowest BCUT2D eigenvalue weighted by Gasteiger charge is -2.38. The second-order valence-corrected chi connectivity index (χ2v) is 9.18. The molecule has 4 rings (SSSR count). The minimum absolute atomic E-state index is 0.109. The number of nitrogens with one attached hydrogen (secondary N) is 1. The van der Waals surface area contributed by atoms with E-state index in [-0.39, 0.29) is 12.1 Å². The fraction of sp³-hybridized carbons (Fsp3) is 0.500. The van der Waals surface area contributed by atoms with Gasteiger partial charge in [-0.3, -0.25) is 4.90 Å². The molecular formula is C26H36N4O. The summed E-state index contributed by atoms with van der Waals surface area (Å²) >= 11 is 0. The van der Waals surface area contributed by atoms with Crippen molar-refractivity contribution in [2.45, 2.75) is 51.2 Å². The Balaban J connectivity index is 1.26. The summed E-state index contributed by atoms with van der Waals surface area (Å²) in [6, 6.07) is 18.0. The molecule has 1 aliphatic heterocycles. The number of carbonyl (C=O) groups is 1. The van der Waals surface area contributed by atoms with Crippen molar-refractivity contribution in [2.24, 2.45) is 0 Å². The molecule has 0 spiro atoms. The van der Waals surface area contributed by atoms with Gasteiger partial charge in [-0.05, 0) is 61.4 Å². The molecular weight excluding hydrogens is 384 g/mol. The van der Waals surface area contributed by atoms with E-state index in [2.05, 4.69) is 89.6 Å². The molecule has 2 amide bonds. The molecule has 0 aromatic heterocycles. The van der Waals surface area contributed by atoms with E-state index in [9.17, 15) is 4.79 Å². The summed E-state index contributed by atoms with van der Waals surface area (Å²) in [5.41, 5.74) is 5.35. The number of rotatable bonds is 6. The molecule has 0 saturated carbocycles. The van der Waals surface area contributed by atoms with Crippen molar-refractivity contribution in [3.8, 4) is 0 Å². The summed E-state index contributed by atoms with van der Waals surface area (Å²) in [4.78, 5) is 19.7. The van der Waals surface area contributed by atoms with Crippen molar-refractivity contribution in [1.82, 2.24) is 15.1 Å². The van der Waals surface area contributed by atoms with Crippen LogP contribution in [0.25, 0.3) is 0 Å². The van der Waals surface area contributed by atoms with Crippen LogP contribution < -0.4 is 10.2 Å². The molecule has 1 heterocycles. The summed E-state index contributed by atoms with van der Waals surface area (Å²) in [6.07, 6.45) is 3.99.